The maximum atomic E-state index is 13.2. The summed E-state index contributed by atoms with van der Waals surface area (Å²) in [6.07, 6.45) is 0. The highest BCUT2D eigenvalue weighted by Gasteiger charge is 2.51. The lowest BCUT2D eigenvalue weighted by Gasteiger charge is -2.23. The van der Waals surface area contributed by atoms with Crippen molar-refractivity contribution in [1.29, 1.82) is 0 Å². The number of fused-ring (bicyclic) bond motifs is 1. The van der Waals surface area contributed by atoms with Crippen molar-refractivity contribution in [1.82, 2.24) is 0 Å². The zero-order valence-corrected chi connectivity index (χ0v) is 15.8. The van der Waals surface area contributed by atoms with Crippen molar-refractivity contribution in [2.75, 3.05) is 23.9 Å². The number of benzene rings is 3. The second-order valence-electron chi connectivity index (χ2n) is 6.77. The second kappa shape index (κ2) is 7.41. The average molecular weight is 388 g/mol. The largest absolute Gasteiger partial charge is 0.497 e. The summed E-state index contributed by atoms with van der Waals surface area (Å²) in [6, 6.07) is 22.7. The van der Waals surface area contributed by atoms with Crippen molar-refractivity contribution >= 4 is 23.2 Å². The first kappa shape index (κ1) is 18.7. The summed E-state index contributed by atoms with van der Waals surface area (Å²) >= 11 is 0. The van der Waals surface area contributed by atoms with Crippen molar-refractivity contribution in [3.63, 3.8) is 0 Å². The fourth-order valence-electron chi connectivity index (χ4n) is 3.60. The van der Waals surface area contributed by atoms with E-state index in [4.69, 9.17) is 4.74 Å². The van der Waals surface area contributed by atoms with Crippen molar-refractivity contribution in [3.8, 4) is 5.75 Å². The first-order valence-corrected chi connectivity index (χ1v) is 9.17. The van der Waals surface area contributed by atoms with Gasteiger partial charge in [-0.05, 0) is 23.8 Å². The number of aliphatic hydroxyl groups is 1. The van der Waals surface area contributed by atoms with Crippen LogP contribution in [0.1, 0.15) is 11.1 Å². The van der Waals surface area contributed by atoms with Crippen LogP contribution in [-0.2, 0) is 15.2 Å². The van der Waals surface area contributed by atoms with E-state index in [0.717, 1.165) is 0 Å². The van der Waals surface area contributed by atoms with E-state index in [2.05, 4.69) is 5.32 Å². The Kier molecular flexibility index (Phi) is 4.78. The highest BCUT2D eigenvalue weighted by atomic mass is 16.5. The number of amides is 2. The molecule has 6 heteroatoms. The molecule has 0 saturated carbocycles. The Bertz CT molecular complexity index is 1070. The van der Waals surface area contributed by atoms with Crippen LogP contribution in [0.25, 0.3) is 0 Å². The van der Waals surface area contributed by atoms with Gasteiger partial charge in [-0.25, -0.2) is 0 Å². The molecule has 1 heterocycles. The molecule has 29 heavy (non-hydrogen) atoms. The molecule has 146 valence electrons. The fourth-order valence-corrected chi connectivity index (χ4v) is 3.60. The third-order valence-corrected chi connectivity index (χ3v) is 4.99. The molecule has 0 spiro atoms. The number of anilines is 2. The van der Waals surface area contributed by atoms with Gasteiger partial charge in [0.05, 0.1) is 12.8 Å². The van der Waals surface area contributed by atoms with Crippen LogP contribution in [-0.4, -0.2) is 30.6 Å². The van der Waals surface area contributed by atoms with Gasteiger partial charge in [0.1, 0.15) is 12.3 Å². The Labute approximate surface area is 168 Å². The molecule has 0 aromatic heterocycles. The van der Waals surface area contributed by atoms with E-state index in [-0.39, 0.29) is 12.5 Å². The van der Waals surface area contributed by atoms with Crippen molar-refractivity contribution in [2.45, 2.75) is 5.60 Å². The van der Waals surface area contributed by atoms with E-state index in [1.807, 2.05) is 6.07 Å². The Morgan fingerprint density at radius 2 is 1.76 bits per heavy atom. The predicted molar refractivity (Wildman–Crippen MR) is 110 cm³/mol. The second-order valence-corrected chi connectivity index (χ2v) is 6.77. The van der Waals surface area contributed by atoms with Crippen LogP contribution in [0.15, 0.2) is 78.9 Å². The van der Waals surface area contributed by atoms with E-state index in [1.165, 1.54) is 4.90 Å². The molecule has 0 radical (unpaired) electrons. The molecular weight excluding hydrogens is 368 g/mol. The van der Waals surface area contributed by atoms with Gasteiger partial charge in [-0.15, -0.1) is 0 Å². The Morgan fingerprint density at radius 1 is 1.03 bits per heavy atom. The number of rotatable bonds is 5. The van der Waals surface area contributed by atoms with Crippen LogP contribution in [0.2, 0.25) is 0 Å². The predicted octanol–water partition coefficient (Wildman–Crippen LogP) is 2.92. The summed E-state index contributed by atoms with van der Waals surface area (Å²) in [5, 5.41) is 14.2. The Balaban J connectivity index is 1.63. The smallest absolute Gasteiger partial charge is 0.268 e. The highest BCUT2D eigenvalue weighted by Crippen LogP contribution is 2.44. The lowest BCUT2D eigenvalue weighted by molar-refractivity contribution is -0.133. The van der Waals surface area contributed by atoms with Crippen LogP contribution in [0.5, 0.6) is 5.75 Å². The van der Waals surface area contributed by atoms with Gasteiger partial charge in [0.15, 0.2) is 5.60 Å². The number of methoxy groups -OCH3 is 1. The van der Waals surface area contributed by atoms with E-state index in [1.54, 1.807) is 79.9 Å². The summed E-state index contributed by atoms with van der Waals surface area (Å²) in [7, 11) is 1.55. The van der Waals surface area contributed by atoms with E-state index in [0.29, 0.717) is 28.3 Å². The first-order valence-electron chi connectivity index (χ1n) is 9.17. The summed E-state index contributed by atoms with van der Waals surface area (Å²) in [6.45, 7) is -0.220. The lowest BCUT2D eigenvalue weighted by Crippen LogP contribution is -2.44. The van der Waals surface area contributed by atoms with E-state index >= 15 is 0 Å². The molecule has 0 bridgehead atoms. The van der Waals surface area contributed by atoms with E-state index in [9.17, 15) is 14.7 Å². The maximum absolute atomic E-state index is 13.2. The molecule has 6 nitrogen and oxygen atoms in total. The zero-order valence-electron chi connectivity index (χ0n) is 15.8. The molecule has 1 aliphatic rings. The summed E-state index contributed by atoms with van der Waals surface area (Å²) in [5.74, 6) is -0.312. The lowest BCUT2D eigenvalue weighted by atomic mass is 9.88. The molecular formula is C23H20N2O4. The molecule has 0 saturated heterocycles. The number of nitrogens with one attached hydrogen (secondary N) is 1. The number of ether oxygens (including phenoxy) is 1. The number of para-hydroxylation sites is 1. The van der Waals surface area contributed by atoms with Crippen LogP contribution in [0, 0.1) is 0 Å². The minimum atomic E-state index is -1.83. The zero-order chi connectivity index (χ0) is 20.4. The molecule has 0 aliphatic carbocycles. The summed E-state index contributed by atoms with van der Waals surface area (Å²) < 4.78 is 5.16. The van der Waals surface area contributed by atoms with Gasteiger partial charge in [0.2, 0.25) is 5.91 Å². The Hall–Kier alpha value is -3.64. The number of nitrogens with zero attached hydrogens (tertiary/aromatic N) is 1. The maximum Gasteiger partial charge on any atom is 0.268 e. The molecule has 2 N–H and O–H groups in total. The summed E-state index contributed by atoms with van der Waals surface area (Å²) in [4.78, 5) is 27.2. The van der Waals surface area contributed by atoms with Crippen LogP contribution < -0.4 is 15.0 Å². The normalized spacial score (nSPS) is 17.7. The first-order chi connectivity index (χ1) is 14.0. The van der Waals surface area contributed by atoms with Gasteiger partial charge in [-0.2, -0.15) is 0 Å². The molecule has 1 atom stereocenters. The van der Waals surface area contributed by atoms with Crippen molar-refractivity contribution in [2.24, 2.45) is 0 Å². The van der Waals surface area contributed by atoms with Gasteiger partial charge in [0, 0.05) is 17.3 Å². The molecule has 3 aromatic rings. The fraction of sp³-hybridized carbons (Fsp3) is 0.130. The summed E-state index contributed by atoms with van der Waals surface area (Å²) in [5.41, 5.74) is 0.185. The minimum Gasteiger partial charge on any atom is -0.497 e. The molecule has 3 aromatic carbocycles. The molecule has 1 unspecified atom stereocenters. The topological polar surface area (TPSA) is 78.9 Å². The minimum absolute atomic E-state index is 0.220. The number of hydrogen-bond acceptors (Lipinski definition) is 4. The van der Waals surface area contributed by atoms with Crippen molar-refractivity contribution < 1.29 is 19.4 Å². The molecule has 2 amide bonds. The quantitative estimate of drug-likeness (QED) is 0.704. The van der Waals surface area contributed by atoms with Gasteiger partial charge >= 0.3 is 0 Å². The van der Waals surface area contributed by atoms with E-state index < -0.39 is 11.5 Å². The molecule has 1 aliphatic heterocycles. The van der Waals surface area contributed by atoms with Gasteiger partial charge in [-0.3, -0.25) is 14.5 Å². The number of carbonyl (C=O) groups excluding carboxylic acids is 2. The average Bonchev–Trinajstić information content (AvgIpc) is 2.97. The molecule has 0 fully saturated rings. The van der Waals surface area contributed by atoms with Crippen molar-refractivity contribution in [3.05, 3.63) is 90.0 Å². The van der Waals surface area contributed by atoms with Crippen LogP contribution in [0.4, 0.5) is 11.4 Å². The number of hydrogen-bond donors (Lipinski definition) is 2. The van der Waals surface area contributed by atoms with Gasteiger partial charge < -0.3 is 15.2 Å². The SMILES string of the molecule is COc1cccc(NC(=O)CN2C(=O)C(O)(c3ccccc3)c3ccccc32)c1. The third-order valence-electron chi connectivity index (χ3n) is 4.99. The number of carbonyl (C=O) groups is 2. The third kappa shape index (κ3) is 3.23. The van der Waals surface area contributed by atoms with Crippen LogP contribution >= 0.6 is 0 Å². The Morgan fingerprint density at radius 3 is 2.52 bits per heavy atom. The molecule has 4 rings (SSSR count). The van der Waals surface area contributed by atoms with Crippen LogP contribution in [0.3, 0.4) is 0 Å². The van der Waals surface area contributed by atoms with Gasteiger partial charge in [0.25, 0.3) is 5.91 Å². The van der Waals surface area contributed by atoms with Gasteiger partial charge in [-0.1, -0.05) is 54.6 Å². The standard InChI is InChI=1S/C23H20N2O4/c1-29-18-11-7-10-17(14-18)24-21(26)15-25-20-13-6-5-12-19(20)23(28,22(25)27)16-8-3-2-4-9-16/h2-14,28H,15H2,1H3,(H,24,26). The highest BCUT2D eigenvalue weighted by molar-refractivity contribution is 6.12. The monoisotopic (exact) mass is 388 g/mol.